The van der Waals surface area contributed by atoms with Gasteiger partial charge in [-0.3, -0.25) is 0 Å². The third-order valence-corrected chi connectivity index (χ3v) is 3.44. The van der Waals surface area contributed by atoms with Crippen LogP contribution in [0.15, 0.2) is 34.8 Å². The van der Waals surface area contributed by atoms with Gasteiger partial charge in [-0.25, -0.2) is 4.39 Å². The molecule has 1 aromatic carbocycles. The van der Waals surface area contributed by atoms with E-state index in [1.54, 1.807) is 18.2 Å². The van der Waals surface area contributed by atoms with Gasteiger partial charge in [-0.1, -0.05) is 15.9 Å². The van der Waals surface area contributed by atoms with Crippen molar-refractivity contribution in [1.29, 1.82) is 0 Å². The van der Waals surface area contributed by atoms with Gasteiger partial charge >= 0.3 is 0 Å². The van der Waals surface area contributed by atoms with Gasteiger partial charge < -0.3 is 10.6 Å². The van der Waals surface area contributed by atoms with Crippen molar-refractivity contribution in [2.75, 3.05) is 25.0 Å². The summed E-state index contributed by atoms with van der Waals surface area (Å²) in [7, 11) is 1.93. The van der Waals surface area contributed by atoms with Gasteiger partial charge in [0.05, 0.1) is 5.69 Å². The van der Waals surface area contributed by atoms with Crippen LogP contribution >= 0.6 is 15.9 Å². The van der Waals surface area contributed by atoms with E-state index in [1.165, 1.54) is 6.07 Å². The average molecular weight is 339 g/mol. The number of nitrogens with two attached hydrogens (primary N) is 1. The van der Waals surface area contributed by atoms with Gasteiger partial charge in [0.1, 0.15) is 5.82 Å². The fraction of sp³-hybridized carbons (Fsp3) is 0.286. The molecule has 0 unspecified atom stereocenters. The normalized spacial score (nSPS) is 10.6. The molecule has 2 aromatic rings. The minimum absolute atomic E-state index is 0.313. The first-order chi connectivity index (χ1) is 9.61. The highest BCUT2D eigenvalue weighted by molar-refractivity contribution is 9.10. The van der Waals surface area contributed by atoms with Crippen LogP contribution in [0.3, 0.4) is 0 Å². The summed E-state index contributed by atoms with van der Waals surface area (Å²) in [5, 5.41) is 8.23. The zero-order valence-corrected chi connectivity index (χ0v) is 12.8. The monoisotopic (exact) mass is 338 g/mol. The van der Waals surface area contributed by atoms with Crippen molar-refractivity contribution >= 4 is 21.7 Å². The zero-order valence-electron chi connectivity index (χ0n) is 11.2. The highest BCUT2D eigenvalue weighted by atomic mass is 79.9. The number of nitrogens with zero attached hydrogens (tertiary/aromatic N) is 3. The van der Waals surface area contributed by atoms with Crippen LogP contribution in [0.1, 0.15) is 6.42 Å². The summed E-state index contributed by atoms with van der Waals surface area (Å²) in [5.41, 5.74) is 6.42. The molecule has 1 aromatic heterocycles. The topological polar surface area (TPSA) is 55.0 Å². The molecule has 6 heteroatoms. The van der Waals surface area contributed by atoms with E-state index >= 15 is 0 Å². The van der Waals surface area contributed by atoms with Gasteiger partial charge in [0.25, 0.3) is 0 Å². The van der Waals surface area contributed by atoms with Gasteiger partial charge in [0, 0.05) is 23.6 Å². The first-order valence-corrected chi connectivity index (χ1v) is 7.11. The summed E-state index contributed by atoms with van der Waals surface area (Å²) >= 11 is 3.32. The van der Waals surface area contributed by atoms with E-state index in [2.05, 4.69) is 26.1 Å². The summed E-state index contributed by atoms with van der Waals surface area (Å²) in [5.74, 6) is 0.435. The molecule has 2 N–H and O–H groups in total. The van der Waals surface area contributed by atoms with E-state index in [9.17, 15) is 4.39 Å². The van der Waals surface area contributed by atoms with Gasteiger partial charge in [-0.15, -0.1) is 10.2 Å². The SMILES string of the molecule is CN(CCCN)c1ccc(-c2cc(Br)ccc2F)nn1. The Labute approximate surface area is 125 Å². The Kier molecular flexibility index (Phi) is 5.03. The Morgan fingerprint density at radius 2 is 2.05 bits per heavy atom. The molecular weight excluding hydrogens is 323 g/mol. The fourth-order valence-corrected chi connectivity index (χ4v) is 2.17. The smallest absolute Gasteiger partial charge is 0.151 e. The molecule has 4 nitrogen and oxygen atoms in total. The maximum atomic E-state index is 13.8. The number of halogens is 2. The largest absolute Gasteiger partial charge is 0.358 e. The lowest BCUT2D eigenvalue weighted by Gasteiger charge is -2.17. The van der Waals surface area contributed by atoms with E-state index in [-0.39, 0.29) is 5.82 Å². The van der Waals surface area contributed by atoms with Crippen LogP contribution in [-0.2, 0) is 0 Å². The Morgan fingerprint density at radius 1 is 1.25 bits per heavy atom. The number of rotatable bonds is 5. The Balaban J connectivity index is 2.21. The number of aromatic nitrogens is 2. The molecule has 0 atom stereocenters. The van der Waals surface area contributed by atoms with Crippen LogP contribution in [0.4, 0.5) is 10.2 Å². The second-order valence-electron chi connectivity index (χ2n) is 4.46. The van der Waals surface area contributed by atoms with E-state index in [1.807, 2.05) is 18.0 Å². The molecular formula is C14H16BrFN4. The first kappa shape index (κ1) is 14.9. The second-order valence-corrected chi connectivity index (χ2v) is 5.38. The lowest BCUT2D eigenvalue weighted by Crippen LogP contribution is -2.22. The predicted molar refractivity (Wildman–Crippen MR) is 82.1 cm³/mol. The van der Waals surface area contributed by atoms with Crippen LogP contribution in [0.2, 0.25) is 0 Å². The van der Waals surface area contributed by atoms with Crippen LogP contribution in [0.25, 0.3) is 11.3 Å². The molecule has 1 heterocycles. The second kappa shape index (κ2) is 6.76. The van der Waals surface area contributed by atoms with Gasteiger partial charge in [-0.05, 0) is 43.3 Å². The lowest BCUT2D eigenvalue weighted by molar-refractivity contribution is 0.630. The molecule has 106 valence electrons. The van der Waals surface area contributed by atoms with Crippen LogP contribution in [0, 0.1) is 5.82 Å². The quantitative estimate of drug-likeness (QED) is 0.910. The third-order valence-electron chi connectivity index (χ3n) is 2.94. The van der Waals surface area contributed by atoms with Crippen molar-refractivity contribution in [3.05, 3.63) is 40.6 Å². The molecule has 0 aliphatic heterocycles. The maximum Gasteiger partial charge on any atom is 0.151 e. The van der Waals surface area contributed by atoms with Crippen molar-refractivity contribution in [2.45, 2.75) is 6.42 Å². The Hall–Kier alpha value is -1.53. The average Bonchev–Trinajstić information content (AvgIpc) is 2.47. The summed E-state index contributed by atoms with van der Waals surface area (Å²) in [6.07, 6.45) is 0.889. The number of hydrogen-bond donors (Lipinski definition) is 1. The third kappa shape index (κ3) is 3.52. The van der Waals surface area contributed by atoms with E-state index in [0.29, 0.717) is 17.8 Å². The summed E-state index contributed by atoms with van der Waals surface area (Å²) < 4.78 is 14.6. The fourth-order valence-electron chi connectivity index (χ4n) is 1.81. The maximum absolute atomic E-state index is 13.8. The lowest BCUT2D eigenvalue weighted by atomic mass is 10.1. The molecule has 0 radical (unpaired) electrons. The van der Waals surface area contributed by atoms with E-state index in [0.717, 1.165) is 23.3 Å². The van der Waals surface area contributed by atoms with Crippen molar-refractivity contribution in [3.63, 3.8) is 0 Å². The summed E-state index contributed by atoms with van der Waals surface area (Å²) in [6, 6.07) is 8.35. The summed E-state index contributed by atoms with van der Waals surface area (Å²) in [6.45, 7) is 1.45. The van der Waals surface area contributed by atoms with Crippen molar-refractivity contribution < 1.29 is 4.39 Å². The van der Waals surface area contributed by atoms with Gasteiger partial charge in [-0.2, -0.15) is 0 Å². The molecule has 0 spiro atoms. The highest BCUT2D eigenvalue weighted by Crippen LogP contribution is 2.25. The molecule has 2 rings (SSSR count). The summed E-state index contributed by atoms with van der Waals surface area (Å²) in [4.78, 5) is 1.97. The molecule has 0 saturated carbocycles. The van der Waals surface area contributed by atoms with Gasteiger partial charge in [0.2, 0.25) is 0 Å². The number of hydrogen-bond acceptors (Lipinski definition) is 4. The highest BCUT2D eigenvalue weighted by Gasteiger charge is 2.09. The van der Waals surface area contributed by atoms with E-state index in [4.69, 9.17) is 5.73 Å². The van der Waals surface area contributed by atoms with E-state index < -0.39 is 0 Å². The van der Waals surface area contributed by atoms with Crippen molar-refractivity contribution in [3.8, 4) is 11.3 Å². The Bertz CT molecular complexity index is 574. The molecule has 0 amide bonds. The number of benzene rings is 1. The van der Waals surface area contributed by atoms with Crippen molar-refractivity contribution in [1.82, 2.24) is 10.2 Å². The predicted octanol–water partition coefficient (Wildman–Crippen LogP) is 2.83. The van der Waals surface area contributed by atoms with Gasteiger partial charge in [0.15, 0.2) is 5.82 Å². The van der Waals surface area contributed by atoms with Crippen LogP contribution in [-0.4, -0.2) is 30.3 Å². The zero-order chi connectivity index (χ0) is 14.5. The standard InChI is InChI=1S/C14H16BrFN4/c1-20(8-2-7-17)14-6-5-13(18-19-14)11-9-10(15)3-4-12(11)16/h3-6,9H,2,7-8,17H2,1H3. The number of anilines is 1. The van der Waals surface area contributed by atoms with Crippen molar-refractivity contribution in [2.24, 2.45) is 5.73 Å². The molecule has 20 heavy (non-hydrogen) atoms. The van der Waals surface area contributed by atoms with Crippen LogP contribution < -0.4 is 10.6 Å². The first-order valence-electron chi connectivity index (χ1n) is 6.32. The molecule has 0 aliphatic rings. The molecule has 0 saturated heterocycles. The Morgan fingerprint density at radius 3 is 2.70 bits per heavy atom. The molecule has 0 aliphatic carbocycles. The van der Waals surface area contributed by atoms with Crippen LogP contribution in [0.5, 0.6) is 0 Å². The minimum Gasteiger partial charge on any atom is -0.358 e. The minimum atomic E-state index is -0.313. The molecule has 0 bridgehead atoms. The molecule has 0 fully saturated rings.